The van der Waals surface area contributed by atoms with Crippen LogP contribution in [0.4, 0.5) is 19.0 Å². The molecule has 0 saturated heterocycles. The summed E-state index contributed by atoms with van der Waals surface area (Å²) in [7, 11) is -3.07. The van der Waals surface area contributed by atoms with Gasteiger partial charge in [-0.1, -0.05) is 12.1 Å². The summed E-state index contributed by atoms with van der Waals surface area (Å²) in [5.41, 5.74) is 4.44. The van der Waals surface area contributed by atoms with Crippen LogP contribution in [0.5, 0.6) is 5.75 Å². The number of nitrogens with one attached hydrogen (secondary N) is 2. The summed E-state index contributed by atoms with van der Waals surface area (Å²) in [5, 5.41) is 14.0. The van der Waals surface area contributed by atoms with E-state index in [1.807, 2.05) is 0 Å². The molecule has 3 aromatic rings. The molecule has 1 unspecified atom stereocenters. The van der Waals surface area contributed by atoms with E-state index in [0.29, 0.717) is 11.2 Å². The van der Waals surface area contributed by atoms with Gasteiger partial charge in [-0.25, -0.2) is 25.1 Å². The smallest absolute Gasteiger partial charge is 0.408 e. The second kappa shape index (κ2) is 11.2. The second-order valence-corrected chi connectivity index (χ2v) is 11.3. The summed E-state index contributed by atoms with van der Waals surface area (Å²) in [6.45, 7) is 4.10. The molecule has 0 aliphatic carbocycles. The fourth-order valence-corrected chi connectivity index (χ4v) is 5.94. The lowest BCUT2D eigenvalue weighted by atomic mass is 10.1. The Balaban J connectivity index is 1.87. The van der Waals surface area contributed by atoms with Crippen molar-refractivity contribution in [2.75, 3.05) is 19.2 Å². The Morgan fingerprint density at radius 3 is 2.61 bits per heavy atom. The number of nitrogens with zero attached hydrogens (tertiary/aromatic N) is 4. The van der Waals surface area contributed by atoms with Gasteiger partial charge in [0.05, 0.1) is 26.1 Å². The Morgan fingerprint density at radius 2 is 1.97 bits per heavy atom. The highest BCUT2D eigenvalue weighted by molar-refractivity contribution is 7.59. The summed E-state index contributed by atoms with van der Waals surface area (Å²) in [4.78, 5) is 23.8. The lowest BCUT2D eigenvalue weighted by Gasteiger charge is -2.33. The molecule has 5 N–H and O–H groups in total. The molecule has 208 valence electrons. The first-order valence-corrected chi connectivity index (χ1v) is 13.2. The van der Waals surface area contributed by atoms with Crippen molar-refractivity contribution < 1.29 is 37.1 Å². The number of aliphatic carboxylic acids is 1. The van der Waals surface area contributed by atoms with Gasteiger partial charge in [0.25, 0.3) is 0 Å². The minimum absolute atomic E-state index is 0.133. The van der Waals surface area contributed by atoms with Gasteiger partial charge in [0.1, 0.15) is 35.5 Å². The first-order valence-electron chi connectivity index (χ1n) is 11.3. The maximum absolute atomic E-state index is 14.2. The number of fused-ring (bicyclic) bond motifs is 1. The molecule has 0 fully saturated rings. The molecule has 2 heterocycles. The molecule has 16 heteroatoms. The number of methoxy groups -OCH3 is 1. The van der Waals surface area contributed by atoms with Gasteiger partial charge in [0, 0.05) is 0 Å². The number of alkyl halides is 3. The zero-order valence-corrected chi connectivity index (χ0v) is 22.0. The first-order chi connectivity index (χ1) is 17.6. The number of benzene rings is 1. The number of halogens is 3. The first kappa shape index (κ1) is 29.3. The number of carbonyl (C=O) groups is 1. The van der Waals surface area contributed by atoms with Gasteiger partial charge in [-0.15, -0.1) is 0 Å². The Labute approximate surface area is 216 Å². The fourth-order valence-electron chi connectivity index (χ4n) is 3.56. The zero-order valence-electron chi connectivity index (χ0n) is 21.1. The molecule has 12 nitrogen and oxygen atoms in total. The van der Waals surface area contributed by atoms with Crippen LogP contribution in [0.15, 0.2) is 36.9 Å². The molecule has 0 radical (unpaired) electrons. The maximum Gasteiger partial charge on any atom is 0.408 e. The van der Waals surface area contributed by atoms with E-state index in [4.69, 9.17) is 15.2 Å². The second-order valence-electron chi connectivity index (χ2n) is 9.10. The van der Waals surface area contributed by atoms with E-state index in [1.165, 1.54) is 51.8 Å². The highest BCUT2D eigenvalue weighted by Crippen LogP contribution is 2.46. The monoisotopic (exact) mass is 559 g/mol. The molecule has 3 atom stereocenters. The third-order valence-corrected chi connectivity index (χ3v) is 7.62. The van der Waals surface area contributed by atoms with Crippen molar-refractivity contribution in [3.05, 3.63) is 42.5 Å². The van der Waals surface area contributed by atoms with Crippen molar-refractivity contribution in [3.8, 4) is 5.75 Å². The molecule has 0 bridgehead atoms. The van der Waals surface area contributed by atoms with Crippen LogP contribution in [0, 0.1) is 0 Å². The van der Waals surface area contributed by atoms with E-state index in [1.54, 1.807) is 11.5 Å². The molecule has 0 aliphatic heterocycles. The quantitative estimate of drug-likeness (QED) is 0.240. The van der Waals surface area contributed by atoms with Crippen molar-refractivity contribution >= 4 is 30.4 Å². The minimum atomic E-state index is -4.89. The molecule has 0 saturated carbocycles. The molecule has 0 amide bonds. The number of anilines is 1. The van der Waals surface area contributed by atoms with E-state index in [9.17, 15) is 27.6 Å². The van der Waals surface area contributed by atoms with Gasteiger partial charge in [0.2, 0.25) is 7.44 Å². The van der Waals surface area contributed by atoms with Gasteiger partial charge in [-0.2, -0.15) is 13.2 Å². The molecular formula is C22H29F3N7O5P. The summed E-state index contributed by atoms with van der Waals surface area (Å²) in [6.07, 6.45) is -3.65. The number of nitrogen functional groups attached to an aromatic ring is 1. The van der Waals surface area contributed by atoms with Crippen molar-refractivity contribution in [1.82, 2.24) is 29.7 Å². The molecule has 38 heavy (non-hydrogen) atoms. The molecule has 0 spiro atoms. The number of carboxylic acids is 1. The van der Waals surface area contributed by atoms with E-state index in [0.717, 1.165) is 6.07 Å². The normalized spacial score (nSPS) is 15.7. The van der Waals surface area contributed by atoms with Crippen LogP contribution in [0.1, 0.15) is 32.4 Å². The van der Waals surface area contributed by atoms with Crippen molar-refractivity contribution in [2.45, 2.75) is 51.2 Å². The Morgan fingerprint density at radius 1 is 1.26 bits per heavy atom. The summed E-state index contributed by atoms with van der Waals surface area (Å²) in [5.74, 6) is -1.08. The summed E-state index contributed by atoms with van der Waals surface area (Å²) < 4.78 is 68.6. The highest BCUT2D eigenvalue weighted by atomic mass is 31.2. The number of ether oxygens (including phenoxy) is 2. The Bertz CT molecular complexity index is 1330. The maximum atomic E-state index is 14.2. The predicted molar refractivity (Wildman–Crippen MR) is 133 cm³/mol. The van der Waals surface area contributed by atoms with Crippen LogP contribution in [0.2, 0.25) is 0 Å². The summed E-state index contributed by atoms with van der Waals surface area (Å²) >= 11 is 0. The Hall–Kier alpha value is -3.26. The number of aromatic nitrogens is 4. The van der Waals surface area contributed by atoms with Crippen molar-refractivity contribution in [2.24, 2.45) is 0 Å². The predicted octanol–water partition coefficient (Wildman–Crippen LogP) is 3.32. The van der Waals surface area contributed by atoms with Crippen LogP contribution in [0.25, 0.3) is 11.2 Å². The average Bonchev–Trinajstić information content (AvgIpc) is 3.24. The molecule has 0 aliphatic rings. The standard InChI is InChI=1S/C22H29F3N7O5P/c1-13(9-32-11-29-16-18(26)27-10-28-19(16)32)37-12-38(35,31-21(2,3)20(33)34)30-17(22(23,24)25)14-6-5-7-15(8-14)36-4/h5-8,10-11,13,17H,9,12H2,1-4H3,(H,33,34)(H2,26,27,28)(H2,30,31,35)/t13-,17-,38?/m1/s1. The van der Waals surface area contributed by atoms with Gasteiger partial charge in [0.15, 0.2) is 11.5 Å². The van der Waals surface area contributed by atoms with Crippen molar-refractivity contribution in [3.63, 3.8) is 0 Å². The largest absolute Gasteiger partial charge is 0.497 e. The van der Waals surface area contributed by atoms with E-state index >= 15 is 0 Å². The lowest BCUT2D eigenvalue weighted by Crippen LogP contribution is -2.49. The Kier molecular flexibility index (Phi) is 8.66. The third kappa shape index (κ3) is 6.98. The molecule has 1 aromatic carbocycles. The van der Waals surface area contributed by atoms with Crippen LogP contribution in [-0.2, 0) is 20.6 Å². The molecule has 2 aromatic heterocycles. The van der Waals surface area contributed by atoms with E-state index in [-0.39, 0.29) is 23.7 Å². The zero-order chi connectivity index (χ0) is 28.3. The minimum Gasteiger partial charge on any atom is -0.497 e. The topological polar surface area (TPSA) is 167 Å². The van der Waals surface area contributed by atoms with Crippen LogP contribution < -0.4 is 20.6 Å². The lowest BCUT2D eigenvalue weighted by molar-refractivity contribution is -0.153. The third-order valence-electron chi connectivity index (χ3n) is 5.51. The van der Waals surface area contributed by atoms with Gasteiger partial charge in [-0.3, -0.25) is 9.36 Å². The number of imidazole rings is 1. The number of nitrogens with two attached hydrogens (primary N) is 1. The highest BCUT2D eigenvalue weighted by Gasteiger charge is 2.47. The van der Waals surface area contributed by atoms with Crippen LogP contribution >= 0.6 is 7.44 Å². The SMILES string of the molecule is COc1cccc([C@@H](NP(=O)(CO[C@H](C)Cn2cnc3c(N)ncnc32)NC(C)(C)C(=O)O)C(F)(F)F)c1. The van der Waals surface area contributed by atoms with Gasteiger partial charge >= 0.3 is 12.1 Å². The van der Waals surface area contributed by atoms with Crippen LogP contribution in [-0.4, -0.2) is 61.9 Å². The summed E-state index contributed by atoms with van der Waals surface area (Å²) in [6, 6.07) is 2.75. The van der Waals surface area contributed by atoms with Crippen LogP contribution in [0.3, 0.4) is 0 Å². The average molecular weight is 559 g/mol. The molecule has 3 rings (SSSR count). The fraction of sp³-hybridized carbons (Fsp3) is 0.455. The van der Waals surface area contributed by atoms with Gasteiger partial charge in [-0.05, 0) is 38.5 Å². The number of hydrogen-bond acceptors (Lipinski definition) is 8. The molecular weight excluding hydrogens is 530 g/mol. The number of carboxylic acid groups (broad SMARTS) is 1. The van der Waals surface area contributed by atoms with Gasteiger partial charge < -0.3 is 24.9 Å². The van der Waals surface area contributed by atoms with Crippen molar-refractivity contribution in [1.29, 1.82) is 0 Å². The van der Waals surface area contributed by atoms with E-state index in [2.05, 4.69) is 25.1 Å². The number of hydrogen-bond donors (Lipinski definition) is 4. The van der Waals surface area contributed by atoms with E-state index < -0.39 is 43.6 Å². The number of rotatable bonds is 12.